The number of carbonyl (C=O) groups is 2. The number of alkyl halides is 2. The monoisotopic (exact) mass is 535 g/mol. The van der Waals surface area contributed by atoms with Crippen LogP contribution in [0.3, 0.4) is 0 Å². The molecular formula is C24H14Cl4FN3O2. The maximum Gasteiger partial charge on any atom is 0.255 e. The number of carbonyl (C=O) groups excluding carboxylic acids is 2. The Bertz CT molecular complexity index is 1360. The van der Waals surface area contributed by atoms with Crippen molar-refractivity contribution in [3.05, 3.63) is 93.2 Å². The summed E-state index contributed by atoms with van der Waals surface area (Å²) in [5.74, 6) is -2.79. The van der Waals surface area contributed by atoms with E-state index in [2.05, 4.69) is 10.6 Å². The highest BCUT2D eigenvalue weighted by Gasteiger charge is 2.67. The Morgan fingerprint density at radius 3 is 2.44 bits per heavy atom. The van der Waals surface area contributed by atoms with Crippen LogP contribution in [-0.4, -0.2) is 16.1 Å². The second-order valence-electron chi connectivity index (χ2n) is 7.63. The molecule has 2 amide bonds. The van der Waals surface area contributed by atoms with Gasteiger partial charge in [-0.1, -0.05) is 35.3 Å². The number of anilines is 2. The molecule has 2 unspecified atom stereocenters. The Kier molecular flexibility index (Phi) is 6.75. The van der Waals surface area contributed by atoms with E-state index in [1.807, 2.05) is 6.07 Å². The van der Waals surface area contributed by atoms with Crippen molar-refractivity contribution in [1.29, 1.82) is 5.26 Å². The van der Waals surface area contributed by atoms with E-state index in [0.29, 0.717) is 21.3 Å². The summed E-state index contributed by atoms with van der Waals surface area (Å²) in [6, 6.07) is 16.4. The molecule has 0 aromatic heterocycles. The van der Waals surface area contributed by atoms with Crippen molar-refractivity contribution in [2.75, 3.05) is 10.6 Å². The summed E-state index contributed by atoms with van der Waals surface area (Å²) in [6.07, 6.45) is 0. The number of nitriles is 1. The molecule has 0 bridgehead atoms. The molecule has 5 nitrogen and oxygen atoms in total. The highest BCUT2D eigenvalue weighted by atomic mass is 35.5. The van der Waals surface area contributed by atoms with E-state index >= 15 is 0 Å². The van der Waals surface area contributed by atoms with Crippen molar-refractivity contribution in [3.8, 4) is 6.07 Å². The molecule has 1 aliphatic rings. The van der Waals surface area contributed by atoms with Gasteiger partial charge in [-0.15, -0.1) is 23.2 Å². The molecule has 1 aliphatic carbocycles. The molecule has 0 spiro atoms. The molecule has 3 aromatic rings. The van der Waals surface area contributed by atoms with Crippen LogP contribution in [0.1, 0.15) is 27.4 Å². The van der Waals surface area contributed by atoms with Crippen LogP contribution in [0.15, 0.2) is 60.7 Å². The Hall–Kier alpha value is -2.82. The number of amides is 2. The predicted molar refractivity (Wildman–Crippen MR) is 131 cm³/mol. The van der Waals surface area contributed by atoms with Crippen molar-refractivity contribution in [3.63, 3.8) is 0 Å². The van der Waals surface area contributed by atoms with Gasteiger partial charge in [0.25, 0.3) is 5.91 Å². The molecule has 4 rings (SSSR count). The fourth-order valence-electron chi connectivity index (χ4n) is 3.64. The van der Waals surface area contributed by atoms with Crippen LogP contribution in [0.5, 0.6) is 0 Å². The lowest BCUT2D eigenvalue weighted by Gasteiger charge is -2.10. The van der Waals surface area contributed by atoms with E-state index in [4.69, 9.17) is 51.7 Å². The zero-order valence-corrected chi connectivity index (χ0v) is 20.1. The lowest BCUT2D eigenvalue weighted by atomic mass is 10.1. The Labute approximate surface area is 214 Å². The zero-order chi connectivity index (χ0) is 24.6. The molecule has 34 heavy (non-hydrogen) atoms. The summed E-state index contributed by atoms with van der Waals surface area (Å²) in [5, 5.41) is 15.1. The van der Waals surface area contributed by atoms with E-state index in [1.165, 1.54) is 18.2 Å². The number of benzene rings is 3. The molecule has 0 saturated heterocycles. The molecule has 172 valence electrons. The maximum atomic E-state index is 13.3. The quantitative estimate of drug-likeness (QED) is 0.352. The fourth-order valence-corrected chi connectivity index (χ4v) is 4.78. The number of hydrogen-bond donors (Lipinski definition) is 2. The average Bonchev–Trinajstić information content (AvgIpc) is 3.38. The highest BCUT2D eigenvalue weighted by molar-refractivity contribution is 6.53. The summed E-state index contributed by atoms with van der Waals surface area (Å²) in [4.78, 5) is 25.6. The Morgan fingerprint density at radius 2 is 1.74 bits per heavy atom. The van der Waals surface area contributed by atoms with Gasteiger partial charge in [0, 0.05) is 17.2 Å². The zero-order valence-electron chi connectivity index (χ0n) is 17.1. The van der Waals surface area contributed by atoms with Crippen molar-refractivity contribution in [1.82, 2.24) is 0 Å². The lowest BCUT2D eigenvalue weighted by Crippen LogP contribution is -2.18. The lowest BCUT2D eigenvalue weighted by molar-refractivity contribution is -0.117. The molecule has 1 fully saturated rings. The van der Waals surface area contributed by atoms with Crippen molar-refractivity contribution < 1.29 is 14.0 Å². The van der Waals surface area contributed by atoms with E-state index in [0.717, 1.165) is 12.1 Å². The van der Waals surface area contributed by atoms with Crippen LogP contribution in [0, 0.1) is 23.1 Å². The predicted octanol–water partition coefficient (Wildman–Crippen LogP) is 6.78. The van der Waals surface area contributed by atoms with E-state index in [1.54, 1.807) is 30.3 Å². The first kappa shape index (κ1) is 24.3. The minimum atomic E-state index is -1.33. The summed E-state index contributed by atoms with van der Waals surface area (Å²) >= 11 is 24.8. The minimum absolute atomic E-state index is 0.0135. The largest absolute Gasteiger partial charge is 0.326 e. The van der Waals surface area contributed by atoms with E-state index < -0.39 is 33.8 Å². The number of halogens is 5. The molecule has 0 aliphatic heterocycles. The van der Waals surface area contributed by atoms with Crippen LogP contribution in [0.25, 0.3) is 0 Å². The second kappa shape index (κ2) is 9.44. The minimum Gasteiger partial charge on any atom is -0.326 e. The summed E-state index contributed by atoms with van der Waals surface area (Å²) in [6.45, 7) is 0. The van der Waals surface area contributed by atoms with Gasteiger partial charge in [-0.2, -0.15) is 5.26 Å². The van der Waals surface area contributed by atoms with Crippen LogP contribution >= 0.6 is 46.4 Å². The van der Waals surface area contributed by atoms with Gasteiger partial charge < -0.3 is 10.6 Å². The van der Waals surface area contributed by atoms with Crippen molar-refractivity contribution >= 4 is 69.6 Å². The third-order valence-corrected chi connectivity index (χ3v) is 7.06. The van der Waals surface area contributed by atoms with Gasteiger partial charge in [0.2, 0.25) is 5.91 Å². The first-order valence-corrected chi connectivity index (χ1v) is 11.4. The topological polar surface area (TPSA) is 82.0 Å². The van der Waals surface area contributed by atoms with Crippen LogP contribution in [-0.2, 0) is 4.79 Å². The first-order chi connectivity index (χ1) is 16.1. The van der Waals surface area contributed by atoms with Gasteiger partial charge in [0.05, 0.1) is 27.2 Å². The van der Waals surface area contributed by atoms with Gasteiger partial charge >= 0.3 is 0 Å². The molecule has 2 N–H and O–H groups in total. The molecule has 10 heteroatoms. The van der Waals surface area contributed by atoms with E-state index in [-0.39, 0.29) is 16.8 Å². The Balaban J connectivity index is 1.48. The molecule has 2 atom stereocenters. The summed E-state index contributed by atoms with van der Waals surface area (Å²) in [5.41, 5.74) is 1.40. The molecule has 1 saturated carbocycles. The van der Waals surface area contributed by atoms with Crippen LogP contribution in [0.2, 0.25) is 10.0 Å². The van der Waals surface area contributed by atoms with Gasteiger partial charge in [-0.25, -0.2) is 4.39 Å². The fraction of sp³-hybridized carbons (Fsp3) is 0.125. The maximum absolute atomic E-state index is 13.3. The third kappa shape index (κ3) is 4.84. The number of nitrogens with one attached hydrogen (secondary N) is 2. The average molecular weight is 537 g/mol. The summed E-state index contributed by atoms with van der Waals surface area (Å²) in [7, 11) is 0. The molecular weight excluding hydrogens is 523 g/mol. The number of nitrogens with zero attached hydrogens (tertiary/aromatic N) is 1. The van der Waals surface area contributed by atoms with E-state index in [9.17, 15) is 14.0 Å². The van der Waals surface area contributed by atoms with Crippen molar-refractivity contribution in [2.24, 2.45) is 5.92 Å². The molecule has 0 heterocycles. The Morgan fingerprint density at radius 1 is 0.971 bits per heavy atom. The molecule has 3 aromatic carbocycles. The number of rotatable bonds is 5. The SMILES string of the molecule is N#Cc1cc(F)ccc1NC(=O)c1cccc(NC(=O)C2C(c3ccc(Cl)c(Cl)c3)C2(Cl)Cl)c1. The smallest absolute Gasteiger partial charge is 0.255 e. The molecule has 0 radical (unpaired) electrons. The van der Waals surface area contributed by atoms with Gasteiger partial charge in [-0.05, 0) is 54.1 Å². The summed E-state index contributed by atoms with van der Waals surface area (Å²) < 4.78 is 12.0. The van der Waals surface area contributed by atoms with Gasteiger partial charge in [-0.3, -0.25) is 9.59 Å². The van der Waals surface area contributed by atoms with Crippen LogP contribution in [0.4, 0.5) is 15.8 Å². The first-order valence-electron chi connectivity index (χ1n) is 9.86. The third-order valence-electron chi connectivity index (χ3n) is 5.38. The van der Waals surface area contributed by atoms with Gasteiger partial charge in [0.15, 0.2) is 0 Å². The van der Waals surface area contributed by atoms with Crippen LogP contribution < -0.4 is 10.6 Å². The highest BCUT2D eigenvalue weighted by Crippen LogP contribution is 2.65. The van der Waals surface area contributed by atoms with Crippen molar-refractivity contribution in [2.45, 2.75) is 10.3 Å². The normalized spacial score (nSPS) is 18.0. The standard InChI is InChI=1S/C24H14Cl4FN3O2/c25-17-6-4-12(10-18(17)26)20-21(24(20,27)28)23(34)31-16-3-1-2-13(9-16)22(33)32-19-7-5-15(29)8-14(19)11-30/h1-10,20-21H,(H,31,34)(H,32,33). The second-order valence-corrected chi connectivity index (χ2v) is 9.89. The van der Waals surface area contributed by atoms with Gasteiger partial charge in [0.1, 0.15) is 16.2 Å². The number of hydrogen-bond acceptors (Lipinski definition) is 3.